The van der Waals surface area contributed by atoms with E-state index in [1.165, 1.54) is 44.9 Å². The van der Waals surface area contributed by atoms with Gasteiger partial charge in [0.2, 0.25) is 0 Å². The van der Waals surface area contributed by atoms with Crippen LogP contribution in [0.1, 0.15) is 84.5 Å². The summed E-state index contributed by atoms with van der Waals surface area (Å²) in [5, 5.41) is 7.78. The largest absolute Gasteiger partial charge is 0.342 e. The Hall–Kier alpha value is -0.610. The molecule has 0 aliphatic carbocycles. The van der Waals surface area contributed by atoms with Crippen LogP contribution in [0.3, 0.4) is 0 Å². The summed E-state index contributed by atoms with van der Waals surface area (Å²) in [7, 11) is 0. The molecule has 0 bridgehead atoms. The lowest BCUT2D eigenvalue weighted by atomic mass is 10.1. The zero-order valence-corrected chi connectivity index (χ0v) is 12.8. The Labute approximate surface area is 118 Å². The van der Waals surface area contributed by atoms with Crippen LogP contribution in [-0.2, 0) is 9.68 Å². The van der Waals surface area contributed by atoms with Crippen molar-refractivity contribution in [3.05, 3.63) is 0 Å². The van der Waals surface area contributed by atoms with Crippen molar-refractivity contribution in [2.24, 2.45) is 5.73 Å². The third-order valence-corrected chi connectivity index (χ3v) is 2.89. The number of hydrogen-bond donors (Lipinski definition) is 2. The first-order valence-corrected chi connectivity index (χ1v) is 7.77. The van der Waals surface area contributed by atoms with Gasteiger partial charge in [-0.3, -0.25) is 0 Å². The number of hydrogen-bond acceptors (Lipinski definition) is 4. The minimum Gasteiger partial charge on any atom is -0.330 e. The van der Waals surface area contributed by atoms with E-state index in [1.807, 2.05) is 6.92 Å². The van der Waals surface area contributed by atoms with Crippen LogP contribution in [0, 0.1) is 0 Å². The fourth-order valence-corrected chi connectivity index (χ4v) is 1.67. The predicted molar refractivity (Wildman–Crippen MR) is 79.9 cm³/mol. The van der Waals surface area contributed by atoms with Crippen molar-refractivity contribution in [2.75, 3.05) is 6.54 Å². The Morgan fingerprint density at radius 2 is 1.37 bits per heavy atom. The topological polar surface area (TPSA) is 72.5 Å². The number of carbonyl (C=O) groups is 1. The summed E-state index contributed by atoms with van der Waals surface area (Å²) in [5.41, 5.74) is 5.37. The normalized spacial score (nSPS) is 9.68. The summed E-state index contributed by atoms with van der Waals surface area (Å²) in [4.78, 5) is 13.7. The van der Waals surface area contributed by atoms with E-state index in [2.05, 4.69) is 11.8 Å². The van der Waals surface area contributed by atoms with Gasteiger partial charge < -0.3 is 10.6 Å². The second kappa shape index (κ2) is 19.7. The van der Waals surface area contributed by atoms with Gasteiger partial charge in [0, 0.05) is 6.42 Å². The minimum atomic E-state index is -0.538. The van der Waals surface area contributed by atoms with E-state index in [-0.39, 0.29) is 0 Å². The Kier molecular flexibility index (Phi) is 21.5. The average molecular weight is 275 g/mol. The number of carbonyl (C=O) groups excluding carboxylic acids is 1. The van der Waals surface area contributed by atoms with E-state index >= 15 is 0 Å². The van der Waals surface area contributed by atoms with Crippen LogP contribution >= 0.6 is 0 Å². The van der Waals surface area contributed by atoms with E-state index in [4.69, 9.17) is 11.0 Å². The maximum absolute atomic E-state index is 10.2. The molecular weight excluding hydrogens is 242 g/mol. The maximum Gasteiger partial charge on any atom is 0.342 e. The highest BCUT2D eigenvalue weighted by Gasteiger charge is 1.98. The smallest absolute Gasteiger partial charge is 0.330 e. The highest BCUT2D eigenvalue weighted by Crippen LogP contribution is 2.05. The summed E-state index contributed by atoms with van der Waals surface area (Å²) in [6.07, 6.45) is 12.7. The minimum absolute atomic E-state index is 0.324. The molecule has 0 radical (unpaired) electrons. The molecule has 0 fully saturated rings. The molecule has 0 aliphatic heterocycles. The van der Waals surface area contributed by atoms with E-state index in [1.54, 1.807) is 0 Å². The summed E-state index contributed by atoms with van der Waals surface area (Å²) in [5.74, 6) is -0.538. The summed E-state index contributed by atoms with van der Waals surface area (Å²) in [6, 6.07) is 0. The van der Waals surface area contributed by atoms with Crippen molar-refractivity contribution in [1.82, 2.24) is 0 Å². The average Bonchev–Trinajstić information content (AvgIpc) is 2.43. The van der Waals surface area contributed by atoms with Crippen molar-refractivity contribution >= 4 is 5.97 Å². The third-order valence-electron chi connectivity index (χ3n) is 2.89. The quantitative estimate of drug-likeness (QED) is 0.335. The molecule has 0 saturated carbocycles. The highest BCUT2D eigenvalue weighted by molar-refractivity contribution is 5.68. The molecule has 19 heavy (non-hydrogen) atoms. The summed E-state index contributed by atoms with van der Waals surface area (Å²) >= 11 is 0. The fraction of sp³-hybridized carbons (Fsp3) is 0.933. The van der Waals surface area contributed by atoms with Gasteiger partial charge in [-0.15, -0.1) is 0 Å². The van der Waals surface area contributed by atoms with Crippen molar-refractivity contribution in [1.29, 1.82) is 0 Å². The molecule has 4 nitrogen and oxygen atoms in total. The lowest BCUT2D eigenvalue weighted by molar-refractivity contribution is -0.234. The van der Waals surface area contributed by atoms with E-state index in [9.17, 15) is 4.79 Å². The van der Waals surface area contributed by atoms with Crippen molar-refractivity contribution in [3.8, 4) is 0 Å². The first kappa shape index (κ1) is 20.7. The first-order chi connectivity index (χ1) is 9.22. The molecule has 0 heterocycles. The standard InChI is InChI=1S/C9H21N.C6H12O3/c1-2-3-4-5-6-7-8-9-10;1-2-3-4-5-6(7)9-8/h2-10H2,1H3;8H,2-5H2,1H3. The van der Waals surface area contributed by atoms with Gasteiger partial charge >= 0.3 is 5.97 Å². The van der Waals surface area contributed by atoms with Crippen LogP contribution in [-0.4, -0.2) is 17.8 Å². The molecule has 0 atom stereocenters. The lowest BCUT2D eigenvalue weighted by Crippen LogP contribution is -1.99. The predicted octanol–water partition coefficient (Wildman–Crippen LogP) is 4.28. The van der Waals surface area contributed by atoms with Crippen molar-refractivity contribution in [3.63, 3.8) is 0 Å². The molecule has 0 aromatic heterocycles. The van der Waals surface area contributed by atoms with E-state index in [0.717, 1.165) is 25.8 Å². The fourth-order valence-electron chi connectivity index (χ4n) is 1.67. The lowest BCUT2D eigenvalue weighted by Gasteiger charge is -1.97. The highest BCUT2D eigenvalue weighted by atomic mass is 17.1. The number of rotatable bonds is 11. The van der Waals surface area contributed by atoms with Gasteiger partial charge in [-0.25, -0.2) is 4.79 Å². The second-order valence-electron chi connectivity index (χ2n) is 4.83. The van der Waals surface area contributed by atoms with Crippen molar-refractivity contribution < 1.29 is 14.9 Å². The monoisotopic (exact) mass is 275 g/mol. The molecule has 4 heteroatoms. The van der Waals surface area contributed by atoms with Gasteiger partial charge in [-0.2, -0.15) is 5.26 Å². The summed E-state index contributed by atoms with van der Waals surface area (Å²) in [6.45, 7) is 5.16. The summed E-state index contributed by atoms with van der Waals surface area (Å²) < 4.78 is 0. The Morgan fingerprint density at radius 3 is 1.84 bits per heavy atom. The Morgan fingerprint density at radius 1 is 0.895 bits per heavy atom. The molecule has 0 amide bonds. The van der Waals surface area contributed by atoms with Crippen LogP contribution in [0.5, 0.6) is 0 Å². The van der Waals surface area contributed by atoms with Crippen LogP contribution in [0.25, 0.3) is 0 Å². The molecule has 0 spiro atoms. The van der Waals surface area contributed by atoms with Gasteiger partial charge in [0.1, 0.15) is 0 Å². The van der Waals surface area contributed by atoms with Gasteiger partial charge in [0.15, 0.2) is 0 Å². The molecule has 3 N–H and O–H groups in total. The Bertz CT molecular complexity index is 167. The SMILES string of the molecule is CCCCCC(=O)OO.CCCCCCCCCN. The molecule has 116 valence electrons. The molecule has 0 aliphatic rings. The van der Waals surface area contributed by atoms with Gasteiger partial charge in [0.25, 0.3) is 0 Å². The molecular formula is C15H33NO3. The van der Waals surface area contributed by atoms with Crippen LogP contribution in [0.4, 0.5) is 0 Å². The van der Waals surface area contributed by atoms with Gasteiger partial charge in [0.05, 0.1) is 0 Å². The van der Waals surface area contributed by atoms with E-state index in [0.29, 0.717) is 6.42 Å². The number of unbranched alkanes of at least 4 members (excludes halogenated alkanes) is 8. The molecule has 0 rings (SSSR count). The van der Waals surface area contributed by atoms with Gasteiger partial charge in [-0.1, -0.05) is 65.2 Å². The first-order valence-electron chi connectivity index (χ1n) is 7.77. The maximum atomic E-state index is 10.2. The Balaban J connectivity index is 0. The van der Waals surface area contributed by atoms with Crippen LogP contribution < -0.4 is 5.73 Å². The molecule has 0 saturated heterocycles. The zero-order chi connectivity index (χ0) is 14.8. The van der Waals surface area contributed by atoms with Crippen molar-refractivity contribution in [2.45, 2.75) is 84.5 Å². The third kappa shape index (κ3) is 23.0. The molecule has 0 aromatic carbocycles. The second-order valence-corrected chi connectivity index (χ2v) is 4.83. The van der Waals surface area contributed by atoms with E-state index < -0.39 is 5.97 Å². The molecule has 0 aromatic rings. The number of nitrogens with two attached hydrogens (primary N) is 1. The van der Waals surface area contributed by atoms with Crippen LogP contribution in [0.2, 0.25) is 0 Å². The zero-order valence-electron chi connectivity index (χ0n) is 12.8. The molecule has 0 unspecified atom stereocenters. The van der Waals surface area contributed by atoms with Gasteiger partial charge in [-0.05, 0) is 19.4 Å². The van der Waals surface area contributed by atoms with Crippen LogP contribution in [0.15, 0.2) is 0 Å².